The third-order valence-electron chi connectivity index (χ3n) is 6.23. The summed E-state index contributed by atoms with van der Waals surface area (Å²) in [7, 11) is 0. The Morgan fingerprint density at radius 3 is 2.42 bits per heavy atom. The van der Waals surface area contributed by atoms with E-state index < -0.39 is 5.97 Å². The Kier molecular flexibility index (Phi) is 9.29. The Balaban J connectivity index is 1.37. The zero-order chi connectivity index (χ0) is 26.7. The zero-order valence-electron chi connectivity index (χ0n) is 21.5. The molecular formula is C31H32N2O5. The molecule has 0 radical (unpaired) electrons. The molecule has 4 rings (SSSR count). The Hall–Kier alpha value is -4.39. The van der Waals surface area contributed by atoms with Gasteiger partial charge in [-0.1, -0.05) is 54.6 Å². The lowest BCUT2D eigenvalue weighted by molar-refractivity contribution is -0.136. The van der Waals surface area contributed by atoms with E-state index in [2.05, 4.69) is 22.4 Å². The first-order chi connectivity index (χ1) is 18.5. The average molecular weight is 513 g/mol. The van der Waals surface area contributed by atoms with Gasteiger partial charge in [0.2, 0.25) is 5.89 Å². The molecule has 1 aromatic heterocycles. The maximum absolute atomic E-state index is 13.0. The van der Waals surface area contributed by atoms with Crippen molar-refractivity contribution in [3.63, 3.8) is 0 Å². The van der Waals surface area contributed by atoms with Gasteiger partial charge in [-0.15, -0.1) is 0 Å². The first-order valence-corrected chi connectivity index (χ1v) is 12.8. The number of benzene rings is 3. The number of aryl methyl sites for hydroxylation is 3. The second kappa shape index (κ2) is 13.2. The number of rotatable bonds is 13. The highest BCUT2D eigenvalue weighted by Gasteiger charge is 2.15. The summed E-state index contributed by atoms with van der Waals surface area (Å²) < 4.78 is 11.8. The number of hydrogen-bond acceptors (Lipinski definition) is 5. The van der Waals surface area contributed by atoms with Crippen LogP contribution in [0.15, 0.2) is 83.3 Å². The van der Waals surface area contributed by atoms with E-state index in [1.165, 1.54) is 5.56 Å². The van der Waals surface area contributed by atoms with E-state index in [9.17, 15) is 9.59 Å². The van der Waals surface area contributed by atoms with Crippen LogP contribution < -0.4 is 10.1 Å². The summed E-state index contributed by atoms with van der Waals surface area (Å²) in [6.45, 7) is 2.76. The fourth-order valence-electron chi connectivity index (χ4n) is 4.18. The van der Waals surface area contributed by atoms with Crippen molar-refractivity contribution in [1.82, 2.24) is 10.3 Å². The first-order valence-electron chi connectivity index (χ1n) is 12.8. The molecule has 0 atom stereocenters. The van der Waals surface area contributed by atoms with Crippen molar-refractivity contribution in [2.75, 3.05) is 13.2 Å². The van der Waals surface area contributed by atoms with Gasteiger partial charge in [-0.2, -0.15) is 0 Å². The highest BCUT2D eigenvalue weighted by Crippen LogP contribution is 2.23. The summed E-state index contributed by atoms with van der Waals surface area (Å²) in [5.74, 6) is 0.725. The van der Waals surface area contributed by atoms with Gasteiger partial charge in [-0.25, -0.2) is 4.98 Å². The normalized spacial score (nSPS) is 10.8. The van der Waals surface area contributed by atoms with Crippen LogP contribution in [0.1, 0.15) is 45.8 Å². The molecular weight excluding hydrogens is 480 g/mol. The highest BCUT2D eigenvalue weighted by molar-refractivity contribution is 5.96. The van der Waals surface area contributed by atoms with Crippen molar-refractivity contribution in [1.29, 1.82) is 0 Å². The van der Waals surface area contributed by atoms with E-state index in [1.807, 2.05) is 55.5 Å². The van der Waals surface area contributed by atoms with Crippen molar-refractivity contribution >= 4 is 11.9 Å². The fraction of sp³-hybridized carbons (Fsp3) is 0.258. The van der Waals surface area contributed by atoms with E-state index in [0.717, 1.165) is 29.9 Å². The predicted octanol–water partition coefficient (Wildman–Crippen LogP) is 5.65. The molecule has 0 aliphatic carbocycles. The molecule has 0 unspecified atom stereocenters. The number of aliphatic carboxylic acids is 1. The molecule has 2 N–H and O–H groups in total. The Labute approximate surface area is 222 Å². The summed E-state index contributed by atoms with van der Waals surface area (Å²) in [5.41, 5.74) is 4.07. The first kappa shape index (κ1) is 26.7. The lowest BCUT2D eigenvalue weighted by Crippen LogP contribution is -2.26. The monoisotopic (exact) mass is 512 g/mol. The highest BCUT2D eigenvalue weighted by atomic mass is 16.5. The standard InChI is InChI=1S/C31H32N2O5/c1-22-28(33-31(38-22)25-12-6-3-7-13-25)18-20-37-26-16-14-24(15-17-29(34)35)27(21-26)30(36)32-19-8-11-23-9-4-2-5-10-23/h2-7,9-10,12-14,16,21H,8,11,15,17-20H2,1H3,(H,32,36)(H,34,35). The number of amides is 1. The molecule has 0 saturated heterocycles. The summed E-state index contributed by atoms with van der Waals surface area (Å²) in [6.07, 6.45) is 2.43. The minimum Gasteiger partial charge on any atom is -0.493 e. The molecule has 0 aliphatic rings. The van der Waals surface area contributed by atoms with Crippen molar-refractivity contribution in [2.24, 2.45) is 0 Å². The molecule has 38 heavy (non-hydrogen) atoms. The molecule has 1 heterocycles. The van der Waals surface area contributed by atoms with Crippen LogP contribution in [0.5, 0.6) is 5.75 Å². The zero-order valence-corrected chi connectivity index (χ0v) is 21.5. The van der Waals surface area contributed by atoms with E-state index in [-0.39, 0.29) is 18.7 Å². The van der Waals surface area contributed by atoms with Gasteiger partial charge in [0.1, 0.15) is 11.5 Å². The number of hydrogen-bond donors (Lipinski definition) is 2. The molecule has 196 valence electrons. The van der Waals surface area contributed by atoms with Crippen molar-refractivity contribution < 1.29 is 23.8 Å². The average Bonchev–Trinajstić information content (AvgIpc) is 3.31. The molecule has 1 amide bonds. The van der Waals surface area contributed by atoms with Crippen LogP contribution >= 0.6 is 0 Å². The topological polar surface area (TPSA) is 102 Å². The maximum atomic E-state index is 13.0. The molecule has 0 saturated carbocycles. The van der Waals surface area contributed by atoms with Crippen LogP contribution in [0.2, 0.25) is 0 Å². The summed E-state index contributed by atoms with van der Waals surface area (Å²) in [4.78, 5) is 28.7. The van der Waals surface area contributed by atoms with Crippen LogP contribution in [-0.4, -0.2) is 35.1 Å². The second-order valence-corrected chi connectivity index (χ2v) is 9.04. The summed E-state index contributed by atoms with van der Waals surface area (Å²) >= 11 is 0. The van der Waals surface area contributed by atoms with E-state index in [1.54, 1.807) is 18.2 Å². The van der Waals surface area contributed by atoms with E-state index in [4.69, 9.17) is 14.3 Å². The quantitative estimate of drug-likeness (QED) is 0.225. The fourth-order valence-corrected chi connectivity index (χ4v) is 4.18. The lowest BCUT2D eigenvalue weighted by Gasteiger charge is -2.13. The maximum Gasteiger partial charge on any atom is 0.303 e. The smallest absolute Gasteiger partial charge is 0.303 e. The third kappa shape index (κ3) is 7.56. The number of nitrogens with one attached hydrogen (secondary N) is 1. The molecule has 0 spiro atoms. The number of aromatic nitrogens is 1. The number of nitrogens with zero attached hydrogens (tertiary/aromatic N) is 1. The van der Waals surface area contributed by atoms with Crippen LogP contribution in [0, 0.1) is 6.92 Å². The van der Waals surface area contributed by atoms with Gasteiger partial charge >= 0.3 is 5.97 Å². The lowest BCUT2D eigenvalue weighted by atomic mass is 10.0. The van der Waals surface area contributed by atoms with Gasteiger partial charge in [0, 0.05) is 30.5 Å². The minimum atomic E-state index is -0.905. The largest absolute Gasteiger partial charge is 0.493 e. The second-order valence-electron chi connectivity index (χ2n) is 9.04. The van der Waals surface area contributed by atoms with Crippen LogP contribution in [0.3, 0.4) is 0 Å². The van der Waals surface area contributed by atoms with Crippen LogP contribution in [0.4, 0.5) is 0 Å². The molecule has 7 nitrogen and oxygen atoms in total. The van der Waals surface area contributed by atoms with Crippen molar-refractivity contribution in [2.45, 2.75) is 39.0 Å². The van der Waals surface area contributed by atoms with E-state index >= 15 is 0 Å². The molecule has 0 bridgehead atoms. The van der Waals surface area contributed by atoms with Gasteiger partial charge in [0.05, 0.1) is 12.3 Å². The molecule has 0 aliphatic heterocycles. The molecule has 7 heteroatoms. The van der Waals surface area contributed by atoms with Gasteiger partial charge in [0.15, 0.2) is 0 Å². The number of carbonyl (C=O) groups is 2. The number of carboxylic acids is 1. The number of ether oxygens (including phenoxy) is 1. The number of carbonyl (C=O) groups excluding carboxylic acids is 1. The van der Waals surface area contributed by atoms with Crippen molar-refractivity contribution in [3.8, 4) is 17.2 Å². The summed E-state index contributed by atoms with van der Waals surface area (Å²) in [5, 5.41) is 12.1. The molecule has 0 fully saturated rings. The van der Waals surface area contributed by atoms with Gasteiger partial charge in [-0.05, 0) is 61.6 Å². The minimum absolute atomic E-state index is 0.0519. The number of carboxylic acid groups (broad SMARTS) is 1. The Morgan fingerprint density at radius 1 is 0.947 bits per heavy atom. The predicted molar refractivity (Wildman–Crippen MR) is 145 cm³/mol. The number of oxazole rings is 1. The van der Waals surface area contributed by atoms with Gasteiger partial charge in [-0.3, -0.25) is 9.59 Å². The van der Waals surface area contributed by atoms with Crippen LogP contribution in [-0.2, 0) is 24.1 Å². The van der Waals surface area contributed by atoms with Gasteiger partial charge in [0.25, 0.3) is 5.91 Å². The molecule has 3 aromatic carbocycles. The Bertz CT molecular complexity index is 1350. The summed E-state index contributed by atoms with van der Waals surface area (Å²) in [6, 6.07) is 25.1. The molecule has 4 aromatic rings. The third-order valence-corrected chi connectivity index (χ3v) is 6.23. The van der Waals surface area contributed by atoms with Gasteiger partial charge < -0.3 is 19.6 Å². The van der Waals surface area contributed by atoms with E-state index in [0.29, 0.717) is 42.3 Å². The van der Waals surface area contributed by atoms with Crippen LogP contribution in [0.25, 0.3) is 11.5 Å². The van der Waals surface area contributed by atoms with Crippen molar-refractivity contribution in [3.05, 3.63) is 107 Å². The SMILES string of the molecule is Cc1oc(-c2ccccc2)nc1CCOc1ccc(CCC(=O)O)c(C(=O)NCCCc2ccccc2)c1. The Morgan fingerprint density at radius 2 is 1.68 bits per heavy atom.